The first-order valence-corrected chi connectivity index (χ1v) is 7.54. The predicted molar refractivity (Wildman–Crippen MR) is 71.9 cm³/mol. The Bertz CT molecular complexity index is 598. The van der Waals surface area contributed by atoms with Crippen molar-refractivity contribution in [2.45, 2.75) is 30.7 Å². The zero-order chi connectivity index (χ0) is 14.0. The molecule has 1 amide bonds. The molecule has 1 heterocycles. The van der Waals surface area contributed by atoms with E-state index in [9.17, 15) is 13.2 Å². The van der Waals surface area contributed by atoms with Gasteiger partial charge in [-0.2, -0.15) is 4.72 Å². The van der Waals surface area contributed by atoms with Crippen molar-refractivity contribution in [1.29, 1.82) is 0 Å². The van der Waals surface area contributed by atoms with Crippen molar-refractivity contribution >= 4 is 21.6 Å². The highest BCUT2D eigenvalue weighted by atomic mass is 32.2. The van der Waals surface area contributed by atoms with Crippen molar-refractivity contribution in [2.75, 3.05) is 12.3 Å². The second-order valence-corrected chi connectivity index (χ2v) is 6.34. The molecule has 0 saturated carbocycles. The summed E-state index contributed by atoms with van der Waals surface area (Å²) in [5, 5.41) is 2.64. The molecule has 1 aromatic rings. The lowest BCUT2D eigenvalue weighted by Gasteiger charge is -2.22. The highest BCUT2D eigenvalue weighted by Crippen LogP contribution is 2.17. The Kier molecular flexibility index (Phi) is 3.77. The number of piperidine rings is 1. The van der Waals surface area contributed by atoms with Crippen molar-refractivity contribution in [3.8, 4) is 0 Å². The van der Waals surface area contributed by atoms with Gasteiger partial charge in [-0.05, 0) is 43.5 Å². The maximum absolute atomic E-state index is 12.2. The summed E-state index contributed by atoms with van der Waals surface area (Å²) >= 11 is 0. The Balaban J connectivity index is 2.22. The summed E-state index contributed by atoms with van der Waals surface area (Å²) in [5.41, 5.74) is 6.89. The predicted octanol–water partition coefficient (Wildman–Crippen LogP) is 0.134. The minimum absolute atomic E-state index is 0.123. The molecule has 0 radical (unpaired) electrons. The Hall–Kier alpha value is -1.60. The lowest BCUT2D eigenvalue weighted by Crippen LogP contribution is -2.50. The van der Waals surface area contributed by atoms with E-state index in [-0.39, 0.29) is 10.8 Å². The SMILES string of the molecule is Cc1cc(S(=O)(=O)NC2CCCNC2=O)ccc1N. The van der Waals surface area contributed by atoms with Crippen LogP contribution in [0.1, 0.15) is 18.4 Å². The molecule has 1 saturated heterocycles. The van der Waals surface area contributed by atoms with Crippen LogP contribution in [-0.2, 0) is 14.8 Å². The molecule has 2 rings (SSSR count). The van der Waals surface area contributed by atoms with Gasteiger partial charge in [0.15, 0.2) is 0 Å². The molecule has 0 aliphatic carbocycles. The first-order chi connectivity index (χ1) is 8.90. The van der Waals surface area contributed by atoms with Gasteiger partial charge in [0, 0.05) is 12.2 Å². The largest absolute Gasteiger partial charge is 0.399 e. The minimum atomic E-state index is -3.70. The lowest BCUT2D eigenvalue weighted by molar-refractivity contribution is -0.124. The van der Waals surface area contributed by atoms with Gasteiger partial charge < -0.3 is 11.1 Å². The minimum Gasteiger partial charge on any atom is -0.399 e. The summed E-state index contributed by atoms with van der Waals surface area (Å²) < 4.78 is 26.8. The average Bonchev–Trinajstić information content (AvgIpc) is 2.35. The third kappa shape index (κ3) is 3.05. The van der Waals surface area contributed by atoms with Crippen molar-refractivity contribution < 1.29 is 13.2 Å². The van der Waals surface area contributed by atoms with Gasteiger partial charge >= 0.3 is 0 Å². The summed E-state index contributed by atoms with van der Waals surface area (Å²) in [6, 6.07) is 3.78. The van der Waals surface area contributed by atoms with E-state index in [0.717, 1.165) is 6.42 Å². The van der Waals surface area contributed by atoms with Gasteiger partial charge in [0.2, 0.25) is 15.9 Å². The molecule has 1 aliphatic heterocycles. The van der Waals surface area contributed by atoms with Gasteiger partial charge in [-0.3, -0.25) is 4.79 Å². The van der Waals surface area contributed by atoms with Crippen LogP contribution in [0.2, 0.25) is 0 Å². The fourth-order valence-corrected chi connectivity index (χ4v) is 3.27. The van der Waals surface area contributed by atoms with Crippen LogP contribution in [0.5, 0.6) is 0 Å². The molecule has 1 unspecified atom stereocenters. The van der Waals surface area contributed by atoms with E-state index < -0.39 is 16.1 Å². The lowest BCUT2D eigenvalue weighted by atomic mass is 10.1. The number of benzene rings is 1. The molecular formula is C12H17N3O3S. The smallest absolute Gasteiger partial charge is 0.241 e. The first kappa shape index (κ1) is 13.8. The summed E-state index contributed by atoms with van der Waals surface area (Å²) in [6.07, 6.45) is 1.28. The maximum atomic E-state index is 12.2. The van der Waals surface area contributed by atoms with Gasteiger partial charge in [-0.25, -0.2) is 8.42 Å². The third-order valence-electron chi connectivity index (χ3n) is 3.13. The average molecular weight is 283 g/mol. The Morgan fingerprint density at radius 2 is 2.16 bits per heavy atom. The van der Waals surface area contributed by atoms with Gasteiger partial charge in [0.25, 0.3) is 0 Å². The molecule has 1 aliphatic rings. The van der Waals surface area contributed by atoms with Crippen LogP contribution in [0.3, 0.4) is 0 Å². The van der Waals surface area contributed by atoms with E-state index in [4.69, 9.17) is 5.73 Å². The molecule has 1 fully saturated rings. The van der Waals surface area contributed by atoms with Crippen LogP contribution in [0.15, 0.2) is 23.1 Å². The molecule has 4 N–H and O–H groups in total. The van der Waals surface area contributed by atoms with Crippen molar-refractivity contribution in [1.82, 2.24) is 10.0 Å². The van der Waals surface area contributed by atoms with Crippen molar-refractivity contribution in [3.05, 3.63) is 23.8 Å². The van der Waals surface area contributed by atoms with Crippen molar-refractivity contribution in [2.24, 2.45) is 0 Å². The second kappa shape index (κ2) is 5.18. The van der Waals surface area contributed by atoms with E-state index in [2.05, 4.69) is 10.0 Å². The summed E-state index contributed by atoms with van der Waals surface area (Å²) in [7, 11) is -3.70. The quantitative estimate of drug-likeness (QED) is 0.686. The van der Waals surface area contributed by atoms with Crippen LogP contribution in [0, 0.1) is 6.92 Å². The van der Waals surface area contributed by atoms with Gasteiger partial charge in [0.1, 0.15) is 6.04 Å². The number of rotatable bonds is 3. The summed E-state index contributed by atoms with van der Waals surface area (Å²) in [5.74, 6) is -0.276. The molecule has 19 heavy (non-hydrogen) atoms. The van der Waals surface area contributed by atoms with Gasteiger partial charge in [-0.15, -0.1) is 0 Å². The molecular weight excluding hydrogens is 266 g/mol. The molecule has 0 aromatic heterocycles. The number of nitrogens with two attached hydrogens (primary N) is 1. The number of sulfonamides is 1. The monoisotopic (exact) mass is 283 g/mol. The van der Waals surface area contributed by atoms with E-state index in [1.807, 2.05) is 0 Å². The van der Waals surface area contributed by atoms with Crippen molar-refractivity contribution in [3.63, 3.8) is 0 Å². The highest BCUT2D eigenvalue weighted by molar-refractivity contribution is 7.89. The number of carbonyl (C=O) groups is 1. The summed E-state index contributed by atoms with van der Waals surface area (Å²) in [4.78, 5) is 11.7. The number of aryl methyl sites for hydroxylation is 1. The van der Waals surface area contributed by atoms with E-state index in [1.165, 1.54) is 12.1 Å². The molecule has 7 heteroatoms. The second-order valence-electron chi connectivity index (χ2n) is 4.63. The number of anilines is 1. The van der Waals surface area contributed by atoms with Gasteiger partial charge in [-0.1, -0.05) is 0 Å². The zero-order valence-electron chi connectivity index (χ0n) is 10.6. The Morgan fingerprint density at radius 1 is 1.42 bits per heavy atom. The number of amides is 1. The Labute approximate surface area is 112 Å². The first-order valence-electron chi connectivity index (χ1n) is 6.06. The normalized spacial score (nSPS) is 20.1. The topological polar surface area (TPSA) is 101 Å². The fourth-order valence-electron chi connectivity index (χ4n) is 1.96. The standard InChI is InChI=1S/C12H17N3O3S/c1-8-7-9(4-5-10(8)13)19(17,18)15-11-3-2-6-14-12(11)16/h4-5,7,11,15H,2-3,6,13H2,1H3,(H,14,16). The molecule has 6 nitrogen and oxygen atoms in total. The van der Waals surface area contributed by atoms with Crippen LogP contribution in [0.4, 0.5) is 5.69 Å². The van der Waals surface area contributed by atoms with E-state index in [0.29, 0.717) is 24.2 Å². The van der Waals surface area contributed by atoms with E-state index in [1.54, 1.807) is 13.0 Å². The molecule has 1 aromatic carbocycles. The number of hydrogen-bond donors (Lipinski definition) is 3. The molecule has 0 bridgehead atoms. The number of carbonyl (C=O) groups excluding carboxylic acids is 1. The maximum Gasteiger partial charge on any atom is 0.241 e. The van der Waals surface area contributed by atoms with Crippen LogP contribution in [-0.4, -0.2) is 26.9 Å². The third-order valence-corrected chi connectivity index (χ3v) is 4.60. The fraction of sp³-hybridized carbons (Fsp3) is 0.417. The number of nitrogen functional groups attached to an aromatic ring is 1. The molecule has 1 atom stereocenters. The van der Waals surface area contributed by atoms with E-state index >= 15 is 0 Å². The van der Waals surface area contributed by atoms with Gasteiger partial charge in [0.05, 0.1) is 4.90 Å². The van der Waals surface area contributed by atoms with Crippen LogP contribution in [0.25, 0.3) is 0 Å². The highest BCUT2D eigenvalue weighted by Gasteiger charge is 2.27. The number of nitrogens with one attached hydrogen (secondary N) is 2. The van der Waals surface area contributed by atoms with Crippen LogP contribution < -0.4 is 15.8 Å². The summed E-state index contributed by atoms with van der Waals surface area (Å²) in [6.45, 7) is 2.33. The molecule has 104 valence electrons. The Morgan fingerprint density at radius 3 is 2.79 bits per heavy atom. The molecule has 0 spiro atoms. The number of hydrogen-bond acceptors (Lipinski definition) is 4. The van der Waals surface area contributed by atoms with Crippen LogP contribution >= 0.6 is 0 Å². The zero-order valence-corrected chi connectivity index (χ0v) is 11.5.